The number of aromatic nitrogens is 2. The van der Waals surface area contributed by atoms with Crippen LogP contribution in [0.2, 0.25) is 0 Å². The zero-order chi connectivity index (χ0) is 18.6. The lowest BCUT2D eigenvalue weighted by molar-refractivity contribution is 0.196. The minimum absolute atomic E-state index is 0.0416. The topological polar surface area (TPSA) is 50.5 Å². The highest BCUT2D eigenvalue weighted by atomic mass is 16.5. The van der Waals surface area contributed by atoms with Gasteiger partial charge in [-0.1, -0.05) is 24.3 Å². The summed E-state index contributed by atoms with van der Waals surface area (Å²) in [6.45, 7) is 3.48. The Kier molecular flexibility index (Phi) is 5.41. The van der Waals surface area contributed by atoms with Gasteiger partial charge in [0.05, 0.1) is 17.6 Å². The molecule has 0 radical (unpaired) electrons. The summed E-state index contributed by atoms with van der Waals surface area (Å²) >= 11 is 0. The fourth-order valence-electron chi connectivity index (χ4n) is 4.03. The molecule has 1 saturated heterocycles. The molecule has 1 aliphatic heterocycles. The highest BCUT2D eigenvalue weighted by molar-refractivity contribution is 5.75. The minimum Gasteiger partial charge on any atom is -0.491 e. The lowest BCUT2D eigenvalue weighted by Crippen LogP contribution is -2.33. The van der Waals surface area contributed by atoms with Crippen molar-refractivity contribution in [3.8, 4) is 5.75 Å². The molecule has 0 spiro atoms. The molecular formula is C22H27N3O2. The number of hydrogen-bond donors (Lipinski definition) is 1. The van der Waals surface area contributed by atoms with Crippen molar-refractivity contribution >= 4 is 11.0 Å². The minimum atomic E-state index is 0.0416. The molecule has 1 N–H and O–H groups in total. The maximum Gasteiger partial charge on any atom is 0.119 e. The van der Waals surface area contributed by atoms with E-state index in [1.165, 1.54) is 16.9 Å². The van der Waals surface area contributed by atoms with Crippen molar-refractivity contribution in [3.63, 3.8) is 0 Å². The molecule has 0 aliphatic carbocycles. The number of benzene rings is 2. The number of piperidine rings is 1. The third kappa shape index (κ3) is 3.99. The summed E-state index contributed by atoms with van der Waals surface area (Å²) in [6, 6.07) is 16.6. The molecule has 0 saturated carbocycles. The second kappa shape index (κ2) is 8.11. The van der Waals surface area contributed by atoms with Crippen LogP contribution in [-0.4, -0.2) is 45.9 Å². The largest absolute Gasteiger partial charge is 0.491 e. The van der Waals surface area contributed by atoms with E-state index in [9.17, 15) is 0 Å². The summed E-state index contributed by atoms with van der Waals surface area (Å²) in [5, 5.41) is 8.90. The fourth-order valence-corrected chi connectivity index (χ4v) is 4.03. The van der Waals surface area contributed by atoms with Gasteiger partial charge < -0.3 is 14.4 Å². The molecule has 0 unspecified atom stereocenters. The van der Waals surface area contributed by atoms with Crippen molar-refractivity contribution in [2.45, 2.75) is 25.3 Å². The van der Waals surface area contributed by atoms with E-state index in [-0.39, 0.29) is 6.61 Å². The number of rotatable bonds is 6. The van der Waals surface area contributed by atoms with Crippen LogP contribution in [-0.2, 0) is 13.6 Å². The van der Waals surface area contributed by atoms with E-state index in [1.807, 2.05) is 12.1 Å². The summed E-state index contributed by atoms with van der Waals surface area (Å²) < 4.78 is 7.78. The predicted octanol–water partition coefficient (Wildman–Crippen LogP) is 3.32. The number of nitrogens with zero attached hydrogens (tertiary/aromatic N) is 3. The van der Waals surface area contributed by atoms with Gasteiger partial charge in [0.2, 0.25) is 0 Å². The molecule has 0 atom stereocenters. The SMILES string of the molecule is Cn1c(C2CCN(Cc3cccc(OCCO)c3)CC2)nc2ccccc21. The Labute approximate surface area is 160 Å². The number of aryl methyl sites for hydroxylation is 1. The molecule has 0 bridgehead atoms. The second-order valence-electron chi connectivity index (χ2n) is 7.29. The maximum atomic E-state index is 8.90. The average Bonchev–Trinajstić information content (AvgIpc) is 3.04. The first-order valence-corrected chi connectivity index (χ1v) is 9.71. The summed E-state index contributed by atoms with van der Waals surface area (Å²) in [4.78, 5) is 7.40. The van der Waals surface area contributed by atoms with E-state index in [2.05, 4.69) is 52.9 Å². The van der Waals surface area contributed by atoms with Gasteiger partial charge in [-0.05, 0) is 55.8 Å². The molecule has 5 nitrogen and oxygen atoms in total. The van der Waals surface area contributed by atoms with Crippen LogP contribution in [0.15, 0.2) is 48.5 Å². The van der Waals surface area contributed by atoms with Gasteiger partial charge in [-0.2, -0.15) is 0 Å². The number of likely N-dealkylation sites (tertiary alicyclic amines) is 1. The molecule has 4 rings (SSSR count). The lowest BCUT2D eigenvalue weighted by atomic mass is 9.95. The predicted molar refractivity (Wildman–Crippen MR) is 107 cm³/mol. The van der Waals surface area contributed by atoms with Gasteiger partial charge in [0.15, 0.2) is 0 Å². The Morgan fingerprint density at radius 1 is 1.11 bits per heavy atom. The molecule has 27 heavy (non-hydrogen) atoms. The van der Waals surface area contributed by atoms with Crippen LogP contribution in [0, 0.1) is 0 Å². The number of ether oxygens (including phenoxy) is 1. The number of para-hydroxylation sites is 2. The third-order valence-electron chi connectivity index (χ3n) is 5.44. The van der Waals surface area contributed by atoms with E-state index in [1.54, 1.807) is 0 Å². The van der Waals surface area contributed by atoms with Crippen LogP contribution < -0.4 is 4.74 Å². The van der Waals surface area contributed by atoms with E-state index >= 15 is 0 Å². The Bertz CT molecular complexity index is 897. The molecule has 0 amide bonds. The van der Waals surface area contributed by atoms with E-state index in [0.29, 0.717) is 12.5 Å². The van der Waals surface area contributed by atoms with Crippen LogP contribution in [0.4, 0.5) is 0 Å². The number of imidazole rings is 1. The van der Waals surface area contributed by atoms with Gasteiger partial charge in [-0.25, -0.2) is 4.98 Å². The lowest BCUT2D eigenvalue weighted by Gasteiger charge is -2.31. The summed E-state index contributed by atoms with van der Waals surface area (Å²) in [7, 11) is 2.13. The van der Waals surface area contributed by atoms with Crippen LogP contribution >= 0.6 is 0 Å². The van der Waals surface area contributed by atoms with Crippen molar-refractivity contribution in [1.29, 1.82) is 0 Å². The van der Waals surface area contributed by atoms with Crippen molar-refractivity contribution in [2.24, 2.45) is 7.05 Å². The van der Waals surface area contributed by atoms with Gasteiger partial charge in [0, 0.05) is 19.5 Å². The van der Waals surface area contributed by atoms with Crippen molar-refractivity contribution in [1.82, 2.24) is 14.5 Å². The first-order valence-electron chi connectivity index (χ1n) is 9.71. The van der Waals surface area contributed by atoms with Crippen molar-refractivity contribution < 1.29 is 9.84 Å². The second-order valence-corrected chi connectivity index (χ2v) is 7.29. The molecule has 1 aliphatic rings. The molecule has 2 heterocycles. The smallest absolute Gasteiger partial charge is 0.119 e. The highest BCUT2D eigenvalue weighted by Crippen LogP contribution is 2.30. The molecule has 142 valence electrons. The van der Waals surface area contributed by atoms with Crippen LogP contribution in [0.25, 0.3) is 11.0 Å². The zero-order valence-electron chi connectivity index (χ0n) is 15.8. The summed E-state index contributed by atoms with van der Waals surface area (Å²) in [6.07, 6.45) is 2.27. The Morgan fingerprint density at radius 2 is 1.93 bits per heavy atom. The zero-order valence-corrected chi connectivity index (χ0v) is 15.8. The summed E-state index contributed by atoms with van der Waals surface area (Å²) in [5.74, 6) is 2.57. The first kappa shape index (κ1) is 18.0. The van der Waals surface area contributed by atoms with Gasteiger partial charge in [0.1, 0.15) is 18.2 Å². The van der Waals surface area contributed by atoms with E-state index in [4.69, 9.17) is 14.8 Å². The Balaban J connectivity index is 1.38. The molecule has 1 fully saturated rings. The van der Waals surface area contributed by atoms with E-state index in [0.717, 1.165) is 43.7 Å². The number of aliphatic hydroxyl groups excluding tert-OH is 1. The Morgan fingerprint density at radius 3 is 2.70 bits per heavy atom. The number of fused-ring (bicyclic) bond motifs is 1. The summed E-state index contributed by atoms with van der Waals surface area (Å²) in [5.41, 5.74) is 3.57. The van der Waals surface area contributed by atoms with Crippen molar-refractivity contribution in [3.05, 3.63) is 59.9 Å². The van der Waals surface area contributed by atoms with Crippen LogP contribution in [0.1, 0.15) is 30.1 Å². The quantitative estimate of drug-likeness (QED) is 0.728. The maximum absolute atomic E-state index is 8.90. The van der Waals surface area contributed by atoms with Crippen molar-refractivity contribution in [2.75, 3.05) is 26.3 Å². The van der Waals surface area contributed by atoms with Gasteiger partial charge in [-0.3, -0.25) is 4.90 Å². The van der Waals surface area contributed by atoms with Gasteiger partial charge >= 0.3 is 0 Å². The fraction of sp³-hybridized carbons (Fsp3) is 0.409. The molecule has 3 aromatic rings. The standard InChI is InChI=1S/C22H27N3O2/c1-24-21-8-3-2-7-20(21)23-22(24)18-9-11-25(12-10-18)16-17-5-4-6-19(15-17)27-14-13-26/h2-8,15,18,26H,9-14,16H2,1H3. The Hall–Kier alpha value is -2.37. The molecule has 1 aromatic heterocycles. The number of hydrogen-bond acceptors (Lipinski definition) is 4. The van der Waals surface area contributed by atoms with Crippen LogP contribution in [0.5, 0.6) is 5.75 Å². The average molecular weight is 365 g/mol. The number of aliphatic hydroxyl groups is 1. The molecule has 5 heteroatoms. The van der Waals surface area contributed by atoms with Crippen LogP contribution in [0.3, 0.4) is 0 Å². The molecular weight excluding hydrogens is 338 g/mol. The monoisotopic (exact) mass is 365 g/mol. The van der Waals surface area contributed by atoms with Gasteiger partial charge in [-0.15, -0.1) is 0 Å². The third-order valence-corrected chi connectivity index (χ3v) is 5.44. The first-order chi connectivity index (χ1) is 13.2. The van der Waals surface area contributed by atoms with Gasteiger partial charge in [0.25, 0.3) is 0 Å². The highest BCUT2D eigenvalue weighted by Gasteiger charge is 2.24. The van der Waals surface area contributed by atoms with E-state index < -0.39 is 0 Å². The normalized spacial score (nSPS) is 16.1. The molecule has 2 aromatic carbocycles.